The molecule has 6 nitrogen and oxygen atoms in total. The van der Waals surface area contributed by atoms with E-state index in [1.54, 1.807) is 6.92 Å². The summed E-state index contributed by atoms with van der Waals surface area (Å²) in [5.74, 6) is -0.494. The molecule has 124 valence electrons. The van der Waals surface area contributed by atoms with Crippen LogP contribution in [0.25, 0.3) is 0 Å². The van der Waals surface area contributed by atoms with Crippen molar-refractivity contribution in [1.29, 1.82) is 0 Å². The average molecular weight is 336 g/mol. The number of rotatable bonds is 6. The lowest BCUT2D eigenvalue weighted by atomic mass is 10.2. The second kappa shape index (κ2) is 8.57. The number of nitrogens with one attached hydrogen (secondary N) is 2. The van der Waals surface area contributed by atoms with E-state index >= 15 is 0 Å². The Morgan fingerprint density at radius 1 is 1.35 bits per heavy atom. The van der Waals surface area contributed by atoms with Crippen molar-refractivity contribution in [3.8, 4) is 0 Å². The van der Waals surface area contributed by atoms with Gasteiger partial charge < -0.3 is 15.4 Å². The number of carbonyl (C=O) groups excluding carboxylic acids is 3. The standard InChI is InChI=1S/C16H20N2O4S/c1-2-22-16(21)12-10-23-13(15(20)18-12)8-14(19)17-9-11-6-4-3-5-7-11/h3-7,12-13H,2,8-10H2,1H3,(H,17,19)(H,18,20)/t12-,13+/m1/s1. The van der Waals surface area contributed by atoms with Crippen molar-refractivity contribution in [2.45, 2.75) is 31.2 Å². The van der Waals surface area contributed by atoms with E-state index < -0.39 is 17.3 Å². The Morgan fingerprint density at radius 2 is 2.09 bits per heavy atom. The monoisotopic (exact) mass is 336 g/mol. The summed E-state index contributed by atoms with van der Waals surface area (Å²) in [7, 11) is 0. The molecule has 2 rings (SSSR count). The Bertz CT molecular complexity index is 564. The minimum Gasteiger partial charge on any atom is -0.464 e. The molecule has 1 aromatic rings. The van der Waals surface area contributed by atoms with Gasteiger partial charge in [-0.3, -0.25) is 9.59 Å². The highest BCUT2D eigenvalue weighted by Crippen LogP contribution is 2.21. The number of ether oxygens (including phenoxy) is 1. The highest BCUT2D eigenvalue weighted by Gasteiger charge is 2.34. The fourth-order valence-corrected chi connectivity index (χ4v) is 3.29. The molecule has 7 heteroatoms. The molecule has 2 atom stereocenters. The van der Waals surface area contributed by atoms with Crippen molar-refractivity contribution in [2.24, 2.45) is 0 Å². The number of carbonyl (C=O) groups is 3. The molecule has 1 fully saturated rings. The molecule has 0 spiro atoms. The Balaban J connectivity index is 1.76. The largest absolute Gasteiger partial charge is 0.464 e. The Morgan fingerprint density at radius 3 is 2.74 bits per heavy atom. The fraction of sp³-hybridized carbons (Fsp3) is 0.438. The molecule has 2 N–H and O–H groups in total. The van der Waals surface area contributed by atoms with Crippen LogP contribution < -0.4 is 10.6 Å². The molecule has 1 aliphatic heterocycles. The molecule has 0 unspecified atom stereocenters. The van der Waals surface area contributed by atoms with Crippen LogP contribution in [-0.4, -0.2) is 41.4 Å². The molecule has 1 aliphatic rings. The lowest BCUT2D eigenvalue weighted by Gasteiger charge is -2.27. The molecular weight excluding hydrogens is 316 g/mol. The maximum absolute atomic E-state index is 12.0. The van der Waals surface area contributed by atoms with E-state index in [1.165, 1.54) is 11.8 Å². The number of amides is 2. The number of thioether (sulfide) groups is 1. The smallest absolute Gasteiger partial charge is 0.329 e. The number of esters is 1. The predicted molar refractivity (Wildman–Crippen MR) is 87.7 cm³/mol. The molecule has 1 aromatic carbocycles. The zero-order valence-corrected chi connectivity index (χ0v) is 13.7. The van der Waals surface area contributed by atoms with Gasteiger partial charge in [0.2, 0.25) is 11.8 Å². The Hall–Kier alpha value is -2.02. The highest BCUT2D eigenvalue weighted by atomic mass is 32.2. The summed E-state index contributed by atoms with van der Waals surface area (Å²) in [5, 5.41) is 4.94. The fourth-order valence-electron chi connectivity index (χ4n) is 2.15. The van der Waals surface area contributed by atoms with Crippen molar-refractivity contribution in [2.75, 3.05) is 12.4 Å². The third kappa shape index (κ3) is 5.28. The van der Waals surface area contributed by atoms with Gasteiger partial charge >= 0.3 is 5.97 Å². The summed E-state index contributed by atoms with van der Waals surface area (Å²) >= 11 is 1.31. The Kier molecular flexibility index (Phi) is 6.46. The first-order chi connectivity index (χ1) is 11.1. The van der Waals surface area contributed by atoms with Gasteiger partial charge in [-0.15, -0.1) is 11.8 Å². The van der Waals surface area contributed by atoms with Crippen LogP contribution in [0.2, 0.25) is 0 Å². The van der Waals surface area contributed by atoms with E-state index in [0.717, 1.165) is 5.56 Å². The molecule has 0 saturated carbocycles. The van der Waals surface area contributed by atoms with Crippen molar-refractivity contribution in [3.05, 3.63) is 35.9 Å². The van der Waals surface area contributed by atoms with Gasteiger partial charge in [-0.25, -0.2) is 4.79 Å². The first-order valence-electron chi connectivity index (χ1n) is 7.49. The Labute approximate surface area is 139 Å². The molecule has 2 amide bonds. The van der Waals surface area contributed by atoms with Crippen LogP contribution >= 0.6 is 11.8 Å². The maximum atomic E-state index is 12.0. The molecule has 0 radical (unpaired) electrons. The van der Waals surface area contributed by atoms with E-state index in [9.17, 15) is 14.4 Å². The maximum Gasteiger partial charge on any atom is 0.329 e. The van der Waals surface area contributed by atoms with Gasteiger partial charge in [0, 0.05) is 18.7 Å². The van der Waals surface area contributed by atoms with Crippen LogP contribution in [0.5, 0.6) is 0 Å². The van der Waals surface area contributed by atoms with E-state index in [0.29, 0.717) is 12.3 Å². The van der Waals surface area contributed by atoms with Crippen LogP contribution in [0.1, 0.15) is 18.9 Å². The number of benzene rings is 1. The topological polar surface area (TPSA) is 84.5 Å². The van der Waals surface area contributed by atoms with Gasteiger partial charge in [0.15, 0.2) is 0 Å². The predicted octanol–water partition coefficient (Wildman–Crippen LogP) is 0.856. The molecular formula is C16H20N2O4S. The first-order valence-corrected chi connectivity index (χ1v) is 8.54. The second-order valence-corrected chi connectivity index (χ2v) is 6.34. The zero-order chi connectivity index (χ0) is 16.7. The van der Waals surface area contributed by atoms with E-state index in [4.69, 9.17) is 4.74 Å². The van der Waals surface area contributed by atoms with Crippen LogP contribution in [0, 0.1) is 0 Å². The highest BCUT2D eigenvalue weighted by molar-refractivity contribution is 8.00. The number of hydrogen-bond donors (Lipinski definition) is 2. The SMILES string of the molecule is CCOC(=O)[C@H]1CS[C@@H](CC(=O)NCc2ccccc2)C(=O)N1. The summed E-state index contributed by atoms with van der Waals surface area (Å²) in [6.07, 6.45) is 0.0961. The molecule has 0 bridgehead atoms. The van der Waals surface area contributed by atoms with Crippen molar-refractivity contribution < 1.29 is 19.1 Å². The van der Waals surface area contributed by atoms with Gasteiger partial charge in [0.05, 0.1) is 11.9 Å². The average Bonchev–Trinajstić information content (AvgIpc) is 2.56. The summed E-state index contributed by atoms with van der Waals surface area (Å²) in [6, 6.07) is 8.94. The minimum atomic E-state index is -0.629. The summed E-state index contributed by atoms with van der Waals surface area (Å²) in [5.41, 5.74) is 1.00. The lowest BCUT2D eigenvalue weighted by Crippen LogP contribution is -2.52. The van der Waals surface area contributed by atoms with Gasteiger partial charge in [-0.1, -0.05) is 30.3 Å². The molecule has 1 heterocycles. The molecule has 23 heavy (non-hydrogen) atoms. The van der Waals surface area contributed by atoms with Crippen LogP contribution in [0.3, 0.4) is 0 Å². The number of hydrogen-bond acceptors (Lipinski definition) is 5. The van der Waals surface area contributed by atoms with Crippen LogP contribution in [0.15, 0.2) is 30.3 Å². The lowest BCUT2D eigenvalue weighted by molar-refractivity contribution is -0.146. The van der Waals surface area contributed by atoms with Crippen molar-refractivity contribution in [3.63, 3.8) is 0 Å². The van der Waals surface area contributed by atoms with Crippen molar-refractivity contribution in [1.82, 2.24) is 10.6 Å². The van der Waals surface area contributed by atoms with Crippen LogP contribution in [-0.2, 0) is 25.7 Å². The van der Waals surface area contributed by atoms with Crippen molar-refractivity contribution >= 4 is 29.5 Å². The van der Waals surface area contributed by atoms with Crippen LogP contribution in [0.4, 0.5) is 0 Å². The van der Waals surface area contributed by atoms with E-state index in [-0.39, 0.29) is 24.8 Å². The zero-order valence-electron chi connectivity index (χ0n) is 12.9. The molecule has 1 saturated heterocycles. The van der Waals surface area contributed by atoms with E-state index in [1.807, 2.05) is 30.3 Å². The van der Waals surface area contributed by atoms with E-state index in [2.05, 4.69) is 10.6 Å². The normalized spacial score (nSPS) is 20.5. The van der Waals surface area contributed by atoms with Gasteiger partial charge in [-0.2, -0.15) is 0 Å². The van der Waals surface area contributed by atoms with Gasteiger partial charge in [0.25, 0.3) is 0 Å². The quantitative estimate of drug-likeness (QED) is 0.753. The summed E-state index contributed by atoms with van der Waals surface area (Å²) in [4.78, 5) is 35.6. The summed E-state index contributed by atoms with van der Waals surface area (Å²) in [6.45, 7) is 2.43. The minimum absolute atomic E-state index is 0.0961. The molecule has 0 aromatic heterocycles. The first kappa shape index (κ1) is 17.3. The second-order valence-electron chi connectivity index (χ2n) is 5.10. The summed E-state index contributed by atoms with van der Waals surface area (Å²) < 4.78 is 4.89. The third-order valence-electron chi connectivity index (χ3n) is 3.35. The van der Waals surface area contributed by atoms with Gasteiger partial charge in [-0.05, 0) is 12.5 Å². The van der Waals surface area contributed by atoms with Gasteiger partial charge in [0.1, 0.15) is 6.04 Å². The third-order valence-corrected chi connectivity index (χ3v) is 4.66. The molecule has 0 aliphatic carbocycles.